The van der Waals surface area contributed by atoms with E-state index in [2.05, 4.69) is 4.98 Å². The molecule has 1 aromatic heterocycles. The zero-order valence-electron chi connectivity index (χ0n) is 17.1. The summed E-state index contributed by atoms with van der Waals surface area (Å²) >= 11 is 0. The number of carbonyl (C=O) groups is 2. The molecule has 0 bridgehead atoms. The lowest BCUT2D eigenvalue weighted by Gasteiger charge is -2.26. The lowest BCUT2D eigenvalue weighted by molar-refractivity contribution is 0.0730. The highest BCUT2D eigenvalue weighted by atomic mass is 32.2. The number of likely N-dealkylation sites (tertiary alicyclic amines) is 1. The van der Waals surface area contributed by atoms with Crippen molar-refractivity contribution < 1.29 is 27.5 Å². The predicted molar refractivity (Wildman–Crippen MR) is 112 cm³/mol. The van der Waals surface area contributed by atoms with Crippen molar-refractivity contribution in [2.45, 2.75) is 17.7 Å². The van der Waals surface area contributed by atoms with Crippen LogP contribution in [-0.4, -0.2) is 80.3 Å². The number of ketones is 1. The van der Waals surface area contributed by atoms with Crippen molar-refractivity contribution in [2.75, 3.05) is 46.0 Å². The van der Waals surface area contributed by atoms with Gasteiger partial charge < -0.3 is 19.4 Å². The molecule has 31 heavy (non-hydrogen) atoms. The van der Waals surface area contributed by atoms with Gasteiger partial charge in [0.25, 0.3) is 5.91 Å². The molecule has 0 atom stereocenters. The first-order valence-corrected chi connectivity index (χ1v) is 11.7. The van der Waals surface area contributed by atoms with Gasteiger partial charge in [-0.25, -0.2) is 8.42 Å². The summed E-state index contributed by atoms with van der Waals surface area (Å²) in [5, 5.41) is 0. The molecule has 4 rings (SSSR count). The van der Waals surface area contributed by atoms with E-state index in [1.807, 2.05) is 0 Å². The van der Waals surface area contributed by atoms with Crippen LogP contribution < -0.4 is 4.74 Å². The van der Waals surface area contributed by atoms with E-state index in [9.17, 15) is 18.0 Å². The van der Waals surface area contributed by atoms with Crippen molar-refractivity contribution in [1.29, 1.82) is 0 Å². The number of aromatic nitrogens is 1. The largest absolute Gasteiger partial charge is 0.485 e. The van der Waals surface area contributed by atoms with Gasteiger partial charge in [0, 0.05) is 37.9 Å². The fourth-order valence-corrected chi connectivity index (χ4v) is 5.05. The summed E-state index contributed by atoms with van der Waals surface area (Å²) < 4.78 is 37.4. The topological polar surface area (TPSA) is 109 Å². The van der Waals surface area contributed by atoms with Crippen molar-refractivity contribution in [3.05, 3.63) is 47.8 Å². The van der Waals surface area contributed by atoms with Crippen molar-refractivity contribution in [3.8, 4) is 5.75 Å². The Labute approximate surface area is 181 Å². The first-order chi connectivity index (χ1) is 14.9. The van der Waals surface area contributed by atoms with Crippen molar-refractivity contribution >= 4 is 21.7 Å². The highest BCUT2D eigenvalue weighted by molar-refractivity contribution is 7.89. The quantitative estimate of drug-likeness (QED) is 0.645. The number of ether oxygens (including phenoxy) is 2. The van der Waals surface area contributed by atoms with Crippen molar-refractivity contribution in [2.24, 2.45) is 0 Å². The van der Waals surface area contributed by atoms with E-state index in [0.29, 0.717) is 43.3 Å². The number of nitrogens with zero attached hydrogens (tertiary/aromatic N) is 2. The average Bonchev–Trinajstić information content (AvgIpc) is 3.50. The Morgan fingerprint density at radius 2 is 1.71 bits per heavy atom. The van der Waals surface area contributed by atoms with Crippen LogP contribution in [0.3, 0.4) is 0 Å². The molecular weight excluding hydrogens is 422 g/mol. The molecule has 0 radical (unpaired) electrons. The number of nitrogens with one attached hydrogen (secondary N) is 1. The van der Waals surface area contributed by atoms with Gasteiger partial charge in [0.2, 0.25) is 15.8 Å². The molecule has 2 saturated heterocycles. The number of rotatable bonds is 7. The predicted octanol–water partition coefficient (Wildman–Crippen LogP) is 1.53. The van der Waals surface area contributed by atoms with E-state index in [-0.39, 0.29) is 23.2 Å². The maximum Gasteiger partial charge on any atom is 0.270 e. The van der Waals surface area contributed by atoms with E-state index in [1.165, 1.54) is 34.8 Å². The Bertz CT molecular complexity index is 1040. The zero-order chi connectivity index (χ0) is 21.8. The van der Waals surface area contributed by atoms with E-state index < -0.39 is 10.0 Å². The summed E-state index contributed by atoms with van der Waals surface area (Å²) in [5.41, 5.74) is 0.761. The van der Waals surface area contributed by atoms with Crippen LogP contribution in [-0.2, 0) is 14.8 Å². The second kappa shape index (κ2) is 9.21. The van der Waals surface area contributed by atoms with Gasteiger partial charge in [-0.15, -0.1) is 0 Å². The fraction of sp³-hybridized carbons (Fsp3) is 0.429. The average molecular weight is 448 g/mol. The second-order valence-electron chi connectivity index (χ2n) is 7.50. The summed E-state index contributed by atoms with van der Waals surface area (Å²) in [7, 11) is -3.57. The molecule has 1 aromatic carbocycles. The molecule has 1 amide bonds. The van der Waals surface area contributed by atoms with Gasteiger partial charge in [-0.1, -0.05) is 0 Å². The van der Waals surface area contributed by atoms with Crippen LogP contribution in [0.2, 0.25) is 0 Å². The van der Waals surface area contributed by atoms with Gasteiger partial charge in [-0.3, -0.25) is 9.59 Å². The van der Waals surface area contributed by atoms with E-state index in [4.69, 9.17) is 9.47 Å². The standard InChI is InChI=1S/C21H25N3O6S/c25-20(16-13-19(22-14-16)21(26)23-7-1-2-8-23)15-30-17-3-5-18(6-4-17)31(27,28)24-9-11-29-12-10-24/h3-6,13-14,22H,1-2,7-12,15H2. The normalized spacial score (nSPS) is 17.6. The third-order valence-electron chi connectivity index (χ3n) is 5.43. The van der Waals surface area contributed by atoms with Crippen LogP contribution in [0.5, 0.6) is 5.75 Å². The number of H-pyrrole nitrogens is 1. The van der Waals surface area contributed by atoms with Gasteiger partial charge in [-0.2, -0.15) is 4.31 Å². The van der Waals surface area contributed by atoms with Gasteiger partial charge >= 0.3 is 0 Å². The molecule has 1 N–H and O–H groups in total. The van der Waals surface area contributed by atoms with Crippen LogP contribution in [0.25, 0.3) is 0 Å². The second-order valence-corrected chi connectivity index (χ2v) is 9.44. The maximum atomic E-state index is 12.6. The SMILES string of the molecule is O=C(COc1ccc(S(=O)(=O)N2CCOCC2)cc1)c1c[nH]c(C(=O)N2CCCC2)c1. The highest BCUT2D eigenvalue weighted by Crippen LogP contribution is 2.21. The molecular formula is C21H25N3O6S. The molecule has 3 heterocycles. The van der Waals surface area contributed by atoms with Gasteiger partial charge in [0.15, 0.2) is 6.61 Å². The summed E-state index contributed by atoms with van der Waals surface area (Å²) in [6.07, 6.45) is 3.50. The van der Waals surface area contributed by atoms with Crippen LogP contribution in [0.15, 0.2) is 41.4 Å². The minimum Gasteiger partial charge on any atom is -0.485 e. The Morgan fingerprint density at radius 3 is 2.39 bits per heavy atom. The molecule has 2 aliphatic heterocycles. The number of amides is 1. The molecule has 2 aromatic rings. The van der Waals surface area contributed by atoms with Crippen LogP contribution in [0.4, 0.5) is 0 Å². The summed E-state index contributed by atoms with van der Waals surface area (Å²) in [6.45, 7) is 2.68. The monoisotopic (exact) mass is 447 g/mol. The lowest BCUT2D eigenvalue weighted by atomic mass is 10.2. The Kier molecular flexibility index (Phi) is 6.40. The van der Waals surface area contributed by atoms with E-state index in [0.717, 1.165) is 25.9 Å². The van der Waals surface area contributed by atoms with Gasteiger partial charge in [0.05, 0.1) is 18.1 Å². The van der Waals surface area contributed by atoms with E-state index >= 15 is 0 Å². The number of Topliss-reactive ketones (excluding diaryl/α,β-unsaturated/α-hetero) is 1. The highest BCUT2D eigenvalue weighted by Gasteiger charge is 2.26. The molecule has 2 fully saturated rings. The van der Waals surface area contributed by atoms with Crippen LogP contribution >= 0.6 is 0 Å². The number of morpholine rings is 1. The minimum absolute atomic E-state index is 0.102. The van der Waals surface area contributed by atoms with Crippen LogP contribution in [0, 0.1) is 0 Å². The molecule has 0 unspecified atom stereocenters. The van der Waals surface area contributed by atoms with Crippen LogP contribution in [0.1, 0.15) is 33.7 Å². The third kappa shape index (κ3) is 4.81. The van der Waals surface area contributed by atoms with Crippen molar-refractivity contribution in [1.82, 2.24) is 14.2 Å². The fourth-order valence-electron chi connectivity index (χ4n) is 3.65. The number of hydrogen-bond donors (Lipinski definition) is 1. The molecule has 10 heteroatoms. The van der Waals surface area contributed by atoms with Gasteiger partial charge in [0.1, 0.15) is 11.4 Å². The Hall–Kier alpha value is -2.69. The first-order valence-electron chi connectivity index (χ1n) is 10.3. The summed E-state index contributed by atoms with van der Waals surface area (Å²) in [6, 6.07) is 7.53. The number of benzene rings is 1. The Balaban J connectivity index is 1.34. The number of hydrogen-bond acceptors (Lipinski definition) is 6. The molecule has 166 valence electrons. The van der Waals surface area contributed by atoms with Gasteiger partial charge in [-0.05, 0) is 43.2 Å². The summed E-state index contributed by atoms with van der Waals surface area (Å²) in [5.74, 6) is 0.00875. The maximum absolute atomic E-state index is 12.6. The molecule has 2 aliphatic rings. The number of aromatic amines is 1. The molecule has 0 saturated carbocycles. The Morgan fingerprint density at radius 1 is 1.03 bits per heavy atom. The summed E-state index contributed by atoms with van der Waals surface area (Å²) in [4.78, 5) is 29.6. The molecule has 0 spiro atoms. The minimum atomic E-state index is -3.57. The third-order valence-corrected chi connectivity index (χ3v) is 7.34. The molecule has 0 aliphatic carbocycles. The lowest BCUT2D eigenvalue weighted by Crippen LogP contribution is -2.40. The van der Waals surface area contributed by atoms with Crippen molar-refractivity contribution in [3.63, 3.8) is 0 Å². The first kappa shape index (κ1) is 21.5. The van der Waals surface area contributed by atoms with E-state index in [1.54, 1.807) is 11.0 Å². The number of carbonyl (C=O) groups excluding carboxylic acids is 2. The zero-order valence-corrected chi connectivity index (χ0v) is 17.9. The molecule has 9 nitrogen and oxygen atoms in total. The number of sulfonamides is 1. The smallest absolute Gasteiger partial charge is 0.270 e.